The van der Waals surface area contributed by atoms with Gasteiger partial charge in [-0.05, 0) is 140 Å². The minimum atomic E-state index is -0.471. The molecular weight excluding hydrogens is 811 g/mol. The average molecular weight is 900 g/mol. The zero-order valence-corrected chi connectivity index (χ0v) is 43.5. The summed E-state index contributed by atoms with van der Waals surface area (Å²) < 4.78 is 0. The number of hydrogen-bond donors (Lipinski definition) is 0. The molecule has 1 aromatic rings. The van der Waals surface area contributed by atoms with Crippen molar-refractivity contribution < 1.29 is 28.9 Å². The molecule has 4 heterocycles. The Kier molecular flexibility index (Phi) is 17.2. The average Bonchev–Trinajstić information content (AvgIpc) is 3.16. The Bertz CT molecular complexity index is 1630. The second kappa shape index (κ2) is 20.7. The van der Waals surface area contributed by atoms with Gasteiger partial charge >= 0.3 is 17.9 Å². The number of anilines is 3. The van der Waals surface area contributed by atoms with Crippen molar-refractivity contribution in [1.29, 1.82) is 0 Å². The van der Waals surface area contributed by atoms with Crippen LogP contribution in [0.2, 0.25) is 0 Å². The molecule has 0 radical (unpaired) electrons. The summed E-state index contributed by atoms with van der Waals surface area (Å²) in [6, 6.07) is 0.127. The number of hydrogen-bond acceptors (Lipinski definition) is 15. The topological polar surface area (TPSA) is 137 Å². The van der Waals surface area contributed by atoms with Crippen LogP contribution in [0.25, 0.3) is 0 Å². The molecule has 366 valence electrons. The molecule has 0 aromatic carbocycles. The number of nitrogens with zero attached hydrogens (tertiary/aromatic N) is 9. The number of hydroxylamine groups is 6. The lowest BCUT2D eigenvalue weighted by Crippen LogP contribution is -2.65. The first-order chi connectivity index (χ1) is 29.6. The minimum absolute atomic E-state index is 0.0405. The molecule has 2 atom stereocenters. The van der Waals surface area contributed by atoms with Crippen LogP contribution in [0.15, 0.2) is 0 Å². The van der Waals surface area contributed by atoms with Crippen molar-refractivity contribution in [3.8, 4) is 0 Å². The number of carbonyl (C=O) groups excluding carboxylic acids is 3. The normalized spacial score (nSPS) is 24.8. The fourth-order valence-electron chi connectivity index (χ4n) is 11.6. The van der Waals surface area contributed by atoms with Crippen LogP contribution in [0.4, 0.5) is 17.8 Å². The first kappa shape index (κ1) is 53.3. The predicted octanol–water partition coefficient (Wildman–Crippen LogP) is 9.58. The van der Waals surface area contributed by atoms with Crippen molar-refractivity contribution in [2.24, 2.45) is 0 Å². The van der Waals surface area contributed by atoms with Crippen molar-refractivity contribution in [1.82, 2.24) is 30.1 Å². The molecule has 0 amide bonds. The number of rotatable bonds is 19. The maximum absolute atomic E-state index is 12.5. The van der Waals surface area contributed by atoms with Crippen molar-refractivity contribution >= 4 is 35.8 Å². The highest BCUT2D eigenvalue weighted by Gasteiger charge is 2.53. The van der Waals surface area contributed by atoms with Gasteiger partial charge in [0, 0.05) is 58.5 Å². The Labute approximate surface area is 387 Å². The molecule has 3 aliphatic heterocycles. The molecular formula is C49H89N9O6. The fraction of sp³-hybridized carbons (Fsp3) is 0.878. The molecule has 0 bridgehead atoms. The van der Waals surface area contributed by atoms with Crippen molar-refractivity contribution in [3.05, 3.63) is 0 Å². The van der Waals surface area contributed by atoms with Crippen LogP contribution in [-0.2, 0) is 28.9 Å². The van der Waals surface area contributed by atoms with Crippen LogP contribution in [0.5, 0.6) is 0 Å². The highest BCUT2D eigenvalue weighted by molar-refractivity contribution is 5.66. The van der Waals surface area contributed by atoms with E-state index in [2.05, 4.69) is 119 Å². The molecule has 3 fully saturated rings. The van der Waals surface area contributed by atoms with Gasteiger partial charge in [0.05, 0.1) is 33.2 Å². The summed E-state index contributed by atoms with van der Waals surface area (Å²) >= 11 is 0. The van der Waals surface area contributed by atoms with E-state index in [0.29, 0.717) is 17.8 Å². The molecule has 4 rings (SSSR count). The third kappa shape index (κ3) is 12.4. The summed E-state index contributed by atoms with van der Waals surface area (Å²) in [5.41, 5.74) is -2.78. The second-order valence-electron chi connectivity index (χ2n) is 22.6. The molecule has 0 spiro atoms. The first-order valence-corrected chi connectivity index (χ1v) is 24.6. The van der Waals surface area contributed by atoms with E-state index in [1.807, 2.05) is 15.2 Å². The first-order valence-electron chi connectivity index (χ1n) is 24.6. The molecule has 3 aliphatic rings. The zero-order valence-electron chi connectivity index (χ0n) is 43.5. The van der Waals surface area contributed by atoms with Gasteiger partial charge in [0.15, 0.2) is 0 Å². The van der Waals surface area contributed by atoms with Crippen LogP contribution < -0.4 is 14.7 Å². The van der Waals surface area contributed by atoms with Gasteiger partial charge in [-0.2, -0.15) is 15.0 Å². The second-order valence-corrected chi connectivity index (χ2v) is 22.6. The largest absolute Gasteiger partial charge is 0.367 e. The van der Waals surface area contributed by atoms with Gasteiger partial charge in [-0.15, -0.1) is 15.2 Å². The third-order valence-electron chi connectivity index (χ3n) is 14.0. The number of unbranched alkanes of at least 4 members (excludes halogenated alkanes) is 3. The molecule has 64 heavy (non-hydrogen) atoms. The van der Waals surface area contributed by atoms with E-state index in [4.69, 9.17) is 29.5 Å². The zero-order chi connectivity index (χ0) is 48.2. The Balaban J connectivity index is 2.01. The highest BCUT2D eigenvalue weighted by Crippen LogP contribution is 2.46. The monoisotopic (exact) mass is 900 g/mol. The summed E-state index contributed by atoms with van der Waals surface area (Å²) in [5.74, 6) is 1.05. The van der Waals surface area contributed by atoms with Crippen LogP contribution in [-0.4, -0.2) is 119 Å². The predicted molar refractivity (Wildman–Crippen MR) is 256 cm³/mol. The molecule has 3 saturated heterocycles. The molecule has 0 saturated carbocycles. The van der Waals surface area contributed by atoms with Crippen LogP contribution in [0.3, 0.4) is 0 Å². The third-order valence-corrected chi connectivity index (χ3v) is 14.0. The minimum Gasteiger partial charge on any atom is -0.367 e. The summed E-state index contributed by atoms with van der Waals surface area (Å²) in [7, 11) is 0. The van der Waals surface area contributed by atoms with E-state index in [1.165, 1.54) is 20.8 Å². The van der Waals surface area contributed by atoms with E-state index in [1.54, 1.807) is 0 Å². The van der Waals surface area contributed by atoms with Gasteiger partial charge in [0.2, 0.25) is 17.8 Å². The van der Waals surface area contributed by atoms with E-state index in [9.17, 15) is 14.4 Å². The van der Waals surface area contributed by atoms with E-state index >= 15 is 0 Å². The molecule has 2 unspecified atom stereocenters. The Hall–Kier alpha value is -3.30. The molecule has 15 heteroatoms. The lowest BCUT2D eigenvalue weighted by atomic mass is 9.76. The van der Waals surface area contributed by atoms with Gasteiger partial charge in [-0.1, -0.05) is 47.0 Å². The maximum Gasteiger partial charge on any atom is 0.322 e. The smallest absolute Gasteiger partial charge is 0.322 e. The summed E-state index contributed by atoms with van der Waals surface area (Å²) in [4.78, 5) is 79.4. The summed E-state index contributed by atoms with van der Waals surface area (Å²) in [6.07, 6.45) is 11.1. The lowest BCUT2D eigenvalue weighted by Gasteiger charge is -2.56. The number of piperidine rings is 3. The summed E-state index contributed by atoms with van der Waals surface area (Å²) in [5, 5.41) is 5.76. The molecule has 0 aliphatic carbocycles. The van der Waals surface area contributed by atoms with E-state index in [0.717, 1.165) is 103 Å². The van der Waals surface area contributed by atoms with Gasteiger partial charge in [-0.25, -0.2) is 0 Å². The fourth-order valence-corrected chi connectivity index (χ4v) is 11.6. The molecule has 15 nitrogen and oxygen atoms in total. The number of aromatic nitrogens is 3. The van der Waals surface area contributed by atoms with Gasteiger partial charge < -0.3 is 29.2 Å². The SMILES string of the molecule is CCCCN(c1nc(N(CCCC)C2CC(C)(C)N(OC(C)=O)C(C)(C)C2)nc(N(CCCC)C2CC(C)(C)N(OC(C)=O)C(C)(CC)C2)n1)C1CC(C)(C)N(OC(C)=O)C(C)(C)C1. The lowest BCUT2D eigenvalue weighted by molar-refractivity contribution is -0.270. The Morgan fingerprint density at radius 3 is 0.969 bits per heavy atom. The Morgan fingerprint density at radius 1 is 0.469 bits per heavy atom. The number of carbonyl (C=O) groups is 3. The van der Waals surface area contributed by atoms with Crippen molar-refractivity contribution in [3.63, 3.8) is 0 Å². The molecule has 1 aromatic heterocycles. The van der Waals surface area contributed by atoms with Crippen molar-refractivity contribution in [2.45, 2.75) is 259 Å². The van der Waals surface area contributed by atoms with Gasteiger partial charge in [0.1, 0.15) is 0 Å². The van der Waals surface area contributed by atoms with E-state index < -0.39 is 33.2 Å². The van der Waals surface area contributed by atoms with Crippen LogP contribution in [0, 0.1) is 0 Å². The summed E-state index contributed by atoms with van der Waals surface area (Å²) in [6.45, 7) is 39.4. The van der Waals surface area contributed by atoms with Crippen molar-refractivity contribution in [2.75, 3.05) is 34.3 Å². The Morgan fingerprint density at radius 2 is 0.719 bits per heavy atom. The maximum atomic E-state index is 12.5. The van der Waals surface area contributed by atoms with Gasteiger partial charge in [0.25, 0.3) is 0 Å². The van der Waals surface area contributed by atoms with Crippen LogP contribution in [0.1, 0.15) is 208 Å². The van der Waals surface area contributed by atoms with Crippen LogP contribution >= 0.6 is 0 Å². The van der Waals surface area contributed by atoms with Gasteiger partial charge in [-0.3, -0.25) is 14.4 Å². The standard InChI is InChI=1S/C49H89N9O6/c1-19-23-26-53(38-29-44(8,9)56(62-35(5)59)45(10,11)30-38)41-50-42(54(27-24-20-2)39-31-46(12,13)57(63-36(6)60)47(14,15)32-39)52-43(51-41)55(28-25-21-3)40-33-48(16,17)58(64-37(7)61)49(18,22-4)34-40/h38-40H,19-34H2,1-18H3. The highest BCUT2D eigenvalue weighted by atomic mass is 16.7. The van der Waals surface area contributed by atoms with E-state index in [-0.39, 0.29) is 36.0 Å². The molecule has 0 N–H and O–H groups in total. The quantitative estimate of drug-likeness (QED) is 0.130.